The van der Waals surface area contributed by atoms with Gasteiger partial charge in [-0.3, -0.25) is 14.2 Å². The number of nitrogens with zero attached hydrogens (tertiary/aromatic N) is 1. The second-order valence-electron chi connectivity index (χ2n) is 16.4. The number of allylic oxidation sites excluding steroid dienone is 6. The lowest BCUT2D eigenvalue weighted by Crippen LogP contribution is -2.37. The monoisotopic (exact) mass is 812 g/mol. The number of likely N-dealkylation sites (N-methyl/N-ethyl adjacent to an activating group) is 1. The Kier molecular flexibility index (Phi) is 37.5. The van der Waals surface area contributed by atoms with Gasteiger partial charge in [-0.15, -0.1) is 0 Å². The van der Waals surface area contributed by atoms with Crippen LogP contribution in [-0.2, 0) is 32.7 Å². The van der Waals surface area contributed by atoms with Crippen LogP contribution in [0.4, 0.5) is 0 Å². The number of phosphoric acid groups is 1. The topological polar surface area (TPSA) is 111 Å². The van der Waals surface area contributed by atoms with Gasteiger partial charge in [0.05, 0.1) is 27.7 Å². The Labute approximate surface area is 344 Å². The minimum Gasteiger partial charge on any atom is -0.756 e. The Hall–Kier alpha value is -1.77. The number of hydrogen-bond acceptors (Lipinski definition) is 8. The molecule has 0 aromatic rings. The predicted octanol–water partition coefficient (Wildman–Crippen LogP) is 12.3. The van der Waals surface area contributed by atoms with Gasteiger partial charge in [-0.1, -0.05) is 166 Å². The van der Waals surface area contributed by atoms with Crippen molar-refractivity contribution >= 4 is 19.8 Å². The van der Waals surface area contributed by atoms with E-state index in [0.717, 1.165) is 51.4 Å². The van der Waals surface area contributed by atoms with Crippen LogP contribution in [0.5, 0.6) is 0 Å². The molecule has 0 aliphatic heterocycles. The zero-order valence-corrected chi connectivity index (χ0v) is 37.7. The number of hydrogen-bond donors (Lipinski definition) is 0. The van der Waals surface area contributed by atoms with E-state index in [1.165, 1.54) is 103 Å². The van der Waals surface area contributed by atoms with Crippen LogP contribution >= 0.6 is 7.82 Å². The Morgan fingerprint density at radius 1 is 0.554 bits per heavy atom. The number of quaternary nitrogens is 1. The van der Waals surface area contributed by atoms with Crippen molar-refractivity contribution in [2.45, 2.75) is 200 Å². The molecule has 10 heteroatoms. The van der Waals surface area contributed by atoms with Gasteiger partial charge in [-0.05, 0) is 51.4 Å². The third kappa shape index (κ3) is 41.9. The summed E-state index contributed by atoms with van der Waals surface area (Å²) >= 11 is 0. The minimum atomic E-state index is -4.63. The number of esters is 2. The standard InChI is InChI=1S/C46H86NO8P/c1-6-8-10-12-14-16-18-20-22-23-25-27-29-31-33-35-37-39-46(49)55-44(43-54-56(50,51)53-41-40-47(3,4)5)42-52-45(48)38-36-34-32-30-28-26-24-21-19-17-15-13-11-9-7-2/h15,17,21,24,28,30,44H,6-14,16,18-20,22-23,25-27,29,31-43H2,1-5H3/b17-15+,24-21+,30-28+/t44-/m1/s1. The van der Waals surface area contributed by atoms with Crippen molar-refractivity contribution in [2.24, 2.45) is 0 Å². The van der Waals surface area contributed by atoms with Crippen molar-refractivity contribution in [2.75, 3.05) is 47.5 Å². The van der Waals surface area contributed by atoms with E-state index in [4.69, 9.17) is 18.5 Å². The summed E-state index contributed by atoms with van der Waals surface area (Å²) in [5.41, 5.74) is 0. The van der Waals surface area contributed by atoms with E-state index in [2.05, 4.69) is 50.3 Å². The average Bonchev–Trinajstić information content (AvgIpc) is 3.15. The van der Waals surface area contributed by atoms with E-state index in [9.17, 15) is 19.0 Å². The molecule has 0 saturated heterocycles. The zero-order valence-electron chi connectivity index (χ0n) is 36.8. The van der Waals surface area contributed by atoms with Crippen molar-refractivity contribution in [1.29, 1.82) is 0 Å². The molecular weight excluding hydrogens is 725 g/mol. The van der Waals surface area contributed by atoms with Crippen LogP contribution in [0.15, 0.2) is 36.5 Å². The number of phosphoric ester groups is 1. The normalized spacial score (nSPS) is 13.9. The molecular formula is C46H86NO8P. The van der Waals surface area contributed by atoms with E-state index >= 15 is 0 Å². The van der Waals surface area contributed by atoms with Gasteiger partial charge >= 0.3 is 11.9 Å². The minimum absolute atomic E-state index is 0.0359. The Balaban J connectivity index is 4.38. The summed E-state index contributed by atoms with van der Waals surface area (Å²) < 4.78 is 33.9. The lowest BCUT2D eigenvalue weighted by atomic mass is 10.0. The molecule has 1 unspecified atom stereocenters. The van der Waals surface area contributed by atoms with Gasteiger partial charge < -0.3 is 27.9 Å². The molecule has 0 heterocycles. The summed E-state index contributed by atoms with van der Waals surface area (Å²) in [5, 5.41) is 0. The smallest absolute Gasteiger partial charge is 0.306 e. The highest BCUT2D eigenvalue weighted by molar-refractivity contribution is 7.45. The predicted molar refractivity (Wildman–Crippen MR) is 231 cm³/mol. The van der Waals surface area contributed by atoms with Crippen molar-refractivity contribution in [1.82, 2.24) is 0 Å². The molecule has 328 valence electrons. The molecule has 0 amide bonds. The second-order valence-corrected chi connectivity index (χ2v) is 17.8. The fourth-order valence-corrected chi connectivity index (χ4v) is 6.80. The van der Waals surface area contributed by atoms with Gasteiger partial charge in [0.1, 0.15) is 19.8 Å². The van der Waals surface area contributed by atoms with E-state index in [0.29, 0.717) is 23.9 Å². The molecule has 9 nitrogen and oxygen atoms in total. The summed E-state index contributed by atoms with van der Waals surface area (Å²) in [6.07, 6.45) is 43.1. The van der Waals surface area contributed by atoms with Gasteiger partial charge in [0.15, 0.2) is 6.10 Å². The summed E-state index contributed by atoms with van der Waals surface area (Å²) in [6.45, 7) is 4.17. The molecule has 0 aromatic heterocycles. The third-order valence-corrected chi connectivity index (χ3v) is 10.6. The van der Waals surface area contributed by atoms with Gasteiger partial charge in [-0.25, -0.2) is 0 Å². The number of unbranched alkanes of at least 4 members (excludes halogenated alkanes) is 21. The third-order valence-electron chi connectivity index (χ3n) is 9.66. The highest BCUT2D eigenvalue weighted by Crippen LogP contribution is 2.38. The molecule has 56 heavy (non-hydrogen) atoms. The van der Waals surface area contributed by atoms with Crippen LogP contribution in [0, 0.1) is 0 Å². The number of carbonyl (C=O) groups excluding carboxylic acids is 2. The fraction of sp³-hybridized carbons (Fsp3) is 0.826. The molecule has 0 bridgehead atoms. The molecule has 0 aromatic carbocycles. The second kappa shape index (κ2) is 38.7. The van der Waals surface area contributed by atoms with Gasteiger partial charge in [-0.2, -0.15) is 0 Å². The Bertz CT molecular complexity index is 1050. The van der Waals surface area contributed by atoms with Gasteiger partial charge in [0.25, 0.3) is 7.82 Å². The van der Waals surface area contributed by atoms with Gasteiger partial charge in [0, 0.05) is 12.8 Å². The van der Waals surface area contributed by atoms with Crippen LogP contribution in [0.25, 0.3) is 0 Å². The first-order valence-electron chi connectivity index (χ1n) is 22.7. The first-order valence-corrected chi connectivity index (χ1v) is 24.2. The molecule has 0 radical (unpaired) electrons. The molecule has 0 saturated carbocycles. The maximum Gasteiger partial charge on any atom is 0.306 e. The molecule has 0 aliphatic rings. The molecule has 0 spiro atoms. The van der Waals surface area contributed by atoms with Crippen molar-refractivity contribution in [3.05, 3.63) is 36.5 Å². The first-order chi connectivity index (χ1) is 27.0. The summed E-state index contributed by atoms with van der Waals surface area (Å²) in [4.78, 5) is 37.5. The van der Waals surface area contributed by atoms with E-state index in [1.807, 2.05) is 21.1 Å². The van der Waals surface area contributed by atoms with Crippen LogP contribution in [-0.4, -0.2) is 70.0 Å². The number of ether oxygens (including phenoxy) is 2. The lowest BCUT2D eigenvalue weighted by molar-refractivity contribution is -0.870. The van der Waals surface area contributed by atoms with Crippen LogP contribution < -0.4 is 4.89 Å². The SMILES string of the molecule is CCCCC/C=C/C/C=C/C/C=C/CCCCC(=O)OC[C@H](COP(=O)([O-])OCC[N+](C)(C)C)OC(=O)CCCCCCCCCCCCCCCCCCC. The van der Waals surface area contributed by atoms with Crippen molar-refractivity contribution in [3.63, 3.8) is 0 Å². The molecule has 0 N–H and O–H groups in total. The summed E-state index contributed by atoms with van der Waals surface area (Å²) in [7, 11) is 1.15. The number of rotatable bonds is 41. The first kappa shape index (κ1) is 54.2. The maximum absolute atomic E-state index is 12.7. The fourth-order valence-electron chi connectivity index (χ4n) is 6.07. The average molecular weight is 812 g/mol. The quantitative estimate of drug-likeness (QED) is 0.0197. The zero-order chi connectivity index (χ0) is 41.4. The number of carbonyl (C=O) groups is 2. The largest absolute Gasteiger partial charge is 0.756 e. The summed E-state index contributed by atoms with van der Waals surface area (Å²) in [5.74, 6) is -0.874. The van der Waals surface area contributed by atoms with E-state index in [1.54, 1.807) is 0 Å². The Morgan fingerprint density at radius 3 is 1.46 bits per heavy atom. The summed E-state index contributed by atoms with van der Waals surface area (Å²) in [6, 6.07) is 0. The lowest BCUT2D eigenvalue weighted by Gasteiger charge is -2.28. The van der Waals surface area contributed by atoms with Gasteiger partial charge in [0.2, 0.25) is 0 Å². The van der Waals surface area contributed by atoms with Crippen LogP contribution in [0.3, 0.4) is 0 Å². The molecule has 0 aliphatic carbocycles. The molecule has 0 rings (SSSR count). The van der Waals surface area contributed by atoms with Crippen molar-refractivity contribution in [3.8, 4) is 0 Å². The van der Waals surface area contributed by atoms with Crippen LogP contribution in [0.2, 0.25) is 0 Å². The van der Waals surface area contributed by atoms with Crippen molar-refractivity contribution < 1.29 is 42.1 Å². The highest BCUT2D eigenvalue weighted by Gasteiger charge is 2.21. The molecule has 2 atom stereocenters. The highest BCUT2D eigenvalue weighted by atomic mass is 31.2. The van der Waals surface area contributed by atoms with Crippen LogP contribution in [0.1, 0.15) is 194 Å². The Morgan fingerprint density at radius 2 is 0.964 bits per heavy atom. The van der Waals surface area contributed by atoms with E-state index in [-0.39, 0.29) is 26.1 Å². The molecule has 0 fully saturated rings. The maximum atomic E-state index is 12.7. The van der Waals surface area contributed by atoms with E-state index < -0.39 is 32.5 Å².